The van der Waals surface area contributed by atoms with Crippen LogP contribution in [0, 0.1) is 5.92 Å². The van der Waals surface area contributed by atoms with Gasteiger partial charge >= 0.3 is 0 Å². The lowest BCUT2D eigenvalue weighted by molar-refractivity contribution is 0.0765. The van der Waals surface area contributed by atoms with E-state index >= 15 is 0 Å². The second-order valence-electron chi connectivity index (χ2n) is 7.65. The lowest BCUT2D eigenvalue weighted by Gasteiger charge is -2.37. The number of para-hydroxylation sites is 1. The van der Waals surface area contributed by atoms with Crippen molar-refractivity contribution in [1.82, 2.24) is 4.90 Å². The van der Waals surface area contributed by atoms with Gasteiger partial charge in [-0.05, 0) is 43.0 Å². The highest BCUT2D eigenvalue weighted by Gasteiger charge is 2.26. The van der Waals surface area contributed by atoms with E-state index < -0.39 is 0 Å². The smallest absolute Gasteiger partial charge is 0.121 e. The minimum absolute atomic E-state index is 0.109. The Morgan fingerprint density at radius 1 is 1.07 bits per heavy atom. The van der Waals surface area contributed by atoms with Crippen LogP contribution in [-0.2, 0) is 0 Å². The van der Waals surface area contributed by atoms with Crippen molar-refractivity contribution in [3.05, 3.63) is 42.5 Å². The number of aliphatic hydroxyl groups excluding tert-OH is 1. The molecule has 5 heteroatoms. The van der Waals surface area contributed by atoms with Crippen LogP contribution in [0.15, 0.2) is 52.3 Å². The highest BCUT2D eigenvalue weighted by Crippen LogP contribution is 2.49. The van der Waals surface area contributed by atoms with E-state index in [0.717, 1.165) is 44.8 Å². The van der Waals surface area contributed by atoms with Crippen LogP contribution in [0.2, 0.25) is 0 Å². The van der Waals surface area contributed by atoms with E-state index in [1.807, 2.05) is 17.8 Å². The zero-order valence-electron chi connectivity index (χ0n) is 16.1. The number of nitrogens with zero attached hydrogens (tertiary/aromatic N) is 2. The minimum Gasteiger partial charge on any atom is -0.497 e. The van der Waals surface area contributed by atoms with E-state index in [-0.39, 0.29) is 6.10 Å². The number of piperidine rings is 1. The summed E-state index contributed by atoms with van der Waals surface area (Å²) in [5.41, 5.74) is 2.52. The molecule has 27 heavy (non-hydrogen) atoms. The number of methoxy groups -OCH3 is 1. The van der Waals surface area contributed by atoms with E-state index in [9.17, 15) is 5.11 Å². The molecule has 2 aromatic carbocycles. The van der Waals surface area contributed by atoms with Gasteiger partial charge in [-0.2, -0.15) is 0 Å². The molecule has 0 bridgehead atoms. The van der Waals surface area contributed by atoms with Crippen LogP contribution in [-0.4, -0.2) is 49.4 Å². The molecule has 1 atom stereocenters. The van der Waals surface area contributed by atoms with Crippen molar-refractivity contribution in [2.45, 2.75) is 35.7 Å². The van der Waals surface area contributed by atoms with Gasteiger partial charge in [-0.1, -0.05) is 30.8 Å². The molecule has 1 fully saturated rings. The minimum atomic E-state index is -0.109. The van der Waals surface area contributed by atoms with Crippen molar-refractivity contribution in [3.8, 4) is 5.75 Å². The predicted molar refractivity (Wildman–Crippen MR) is 111 cm³/mol. The molecule has 1 unspecified atom stereocenters. The van der Waals surface area contributed by atoms with Gasteiger partial charge in [0.2, 0.25) is 0 Å². The van der Waals surface area contributed by atoms with Crippen LogP contribution in [0.3, 0.4) is 0 Å². The molecular weight excluding hydrogens is 356 g/mol. The SMILES string of the molecule is COc1ccc2c(c1)N(CC(C)CN1CCC(O)CC1)c1ccccc1S2. The summed E-state index contributed by atoms with van der Waals surface area (Å²) < 4.78 is 5.49. The Labute approximate surface area is 166 Å². The van der Waals surface area contributed by atoms with Gasteiger partial charge in [-0.3, -0.25) is 0 Å². The number of likely N-dealkylation sites (tertiary alicyclic amines) is 1. The molecule has 0 spiro atoms. The Morgan fingerprint density at radius 2 is 1.81 bits per heavy atom. The topological polar surface area (TPSA) is 35.9 Å². The Hall–Kier alpha value is -1.69. The first-order chi connectivity index (χ1) is 13.1. The number of anilines is 2. The molecular formula is C22H28N2O2S. The average molecular weight is 385 g/mol. The van der Waals surface area contributed by atoms with Gasteiger partial charge in [0.15, 0.2) is 0 Å². The molecule has 2 aliphatic heterocycles. The lowest BCUT2D eigenvalue weighted by Crippen LogP contribution is -2.40. The summed E-state index contributed by atoms with van der Waals surface area (Å²) in [7, 11) is 1.73. The van der Waals surface area contributed by atoms with E-state index in [1.165, 1.54) is 21.2 Å². The summed E-state index contributed by atoms with van der Waals surface area (Å²) in [4.78, 5) is 7.54. The highest BCUT2D eigenvalue weighted by atomic mass is 32.2. The fraction of sp³-hybridized carbons (Fsp3) is 0.455. The van der Waals surface area contributed by atoms with Gasteiger partial charge in [0.05, 0.1) is 24.6 Å². The summed E-state index contributed by atoms with van der Waals surface area (Å²) in [5.74, 6) is 1.42. The maximum Gasteiger partial charge on any atom is 0.121 e. The Kier molecular flexibility index (Phi) is 5.62. The molecule has 4 nitrogen and oxygen atoms in total. The first kappa shape index (κ1) is 18.7. The number of rotatable bonds is 5. The molecule has 2 aliphatic rings. The molecule has 0 amide bonds. The highest BCUT2D eigenvalue weighted by molar-refractivity contribution is 7.99. The summed E-state index contributed by atoms with van der Waals surface area (Å²) in [6.07, 6.45) is 1.69. The van der Waals surface area contributed by atoms with E-state index in [4.69, 9.17) is 4.74 Å². The molecule has 1 N–H and O–H groups in total. The van der Waals surface area contributed by atoms with Gasteiger partial charge < -0.3 is 19.6 Å². The molecule has 0 radical (unpaired) electrons. The van der Waals surface area contributed by atoms with Gasteiger partial charge in [0.1, 0.15) is 5.75 Å². The molecule has 0 aliphatic carbocycles. The predicted octanol–water partition coefficient (Wildman–Crippen LogP) is 4.39. The molecule has 144 valence electrons. The van der Waals surface area contributed by atoms with Gasteiger partial charge in [0.25, 0.3) is 0 Å². The number of benzene rings is 2. The van der Waals surface area contributed by atoms with E-state index in [0.29, 0.717) is 5.92 Å². The quantitative estimate of drug-likeness (QED) is 0.827. The second-order valence-corrected chi connectivity index (χ2v) is 8.73. The normalized spacial score (nSPS) is 18.7. The largest absolute Gasteiger partial charge is 0.497 e. The maximum absolute atomic E-state index is 9.74. The number of hydrogen-bond acceptors (Lipinski definition) is 5. The van der Waals surface area contributed by atoms with Crippen LogP contribution in [0.1, 0.15) is 19.8 Å². The summed E-state index contributed by atoms with van der Waals surface area (Å²) in [5, 5.41) is 9.74. The summed E-state index contributed by atoms with van der Waals surface area (Å²) in [6.45, 7) is 6.37. The third-order valence-electron chi connectivity index (χ3n) is 5.45. The fourth-order valence-corrected chi connectivity index (χ4v) is 5.12. The third-order valence-corrected chi connectivity index (χ3v) is 6.58. The first-order valence-corrected chi connectivity index (χ1v) is 10.6. The van der Waals surface area contributed by atoms with Crippen molar-refractivity contribution in [3.63, 3.8) is 0 Å². The first-order valence-electron chi connectivity index (χ1n) is 9.77. The number of hydrogen-bond donors (Lipinski definition) is 1. The maximum atomic E-state index is 9.74. The number of aliphatic hydroxyl groups is 1. The number of fused-ring (bicyclic) bond motifs is 2. The molecule has 4 rings (SSSR count). The molecule has 2 heterocycles. The summed E-state index contributed by atoms with van der Waals surface area (Å²) in [6, 6.07) is 15.0. The fourth-order valence-electron chi connectivity index (χ4n) is 4.04. The zero-order valence-corrected chi connectivity index (χ0v) is 16.9. The van der Waals surface area contributed by atoms with Crippen molar-refractivity contribution >= 4 is 23.1 Å². The molecule has 1 saturated heterocycles. The average Bonchev–Trinajstić information content (AvgIpc) is 2.69. The van der Waals surface area contributed by atoms with Crippen molar-refractivity contribution in [1.29, 1.82) is 0 Å². The lowest BCUT2D eigenvalue weighted by atomic mass is 10.0. The molecule has 0 saturated carbocycles. The van der Waals surface area contributed by atoms with Crippen molar-refractivity contribution in [2.75, 3.05) is 38.2 Å². The Morgan fingerprint density at radius 3 is 2.59 bits per heavy atom. The van der Waals surface area contributed by atoms with Crippen LogP contribution >= 0.6 is 11.8 Å². The zero-order chi connectivity index (χ0) is 18.8. The number of ether oxygens (including phenoxy) is 1. The van der Waals surface area contributed by atoms with Crippen molar-refractivity contribution in [2.24, 2.45) is 5.92 Å². The standard InChI is InChI=1S/C22H28N2O2S/c1-16(14-23-11-9-17(25)10-12-23)15-24-19-5-3-4-6-21(19)27-22-8-7-18(26-2)13-20(22)24/h3-8,13,16-17,25H,9-12,14-15H2,1-2H3. The van der Waals surface area contributed by atoms with Crippen LogP contribution in [0.5, 0.6) is 5.75 Å². The third kappa shape index (κ3) is 4.10. The van der Waals surface area contributed by atoms with Crippen molar-refractivity contribution < 1.29 is 9.84 Å². The second kappa shape index (κ2) is 8.13. The van der Waals surface area contributed by atoms with Crippen LogP contribution in [0.4, 0.5) is 11.4 Å². The van der Waals surface area contributed by atoms with Gasteiger partial charge in [-0.25, -0.2) is 0 Å². The Balaban J connectivity index is 1.56. The van der Waals surface area contributed by atoms with Crippen LogP contribution < -0.4 is 9.64 Å². The van der Waals surface area contributed by atoms with E-state index in [2.05, 4.69) is 53.1 Å². The van der Waals surface area contributed by atoms with Gasteiger partial charge in [-0.15, -0.1) is 0 Å². The summed E-state index contributed by atoms with van der Waals surface area (Å²) >= 11 is 1.83. The van der Waals surface area contributed by atoms with E-state index in [1.54, 1.807) is 7.11 Å². The monoisotopic (exact) mass is 384 g/mol. The van der Waals surface area contributed by atoms with Gasteiger partial charge in [0, 0.05) is 42.0 Å². The molecule has 0 aromatic heterocycles. The molecule has 2 aromatic rings. The van der Waals surface area contributed by atoms with Crippen LogP contribution in [0.25, 0.3) is 0 Å². The Bertz CT molecular complexity index is 790.